The van der Waals surface area contributed by atoms with Gasteiger partial charge in [0.1, 0.15) is 0 Å². The summed E-state index contributed by atoms with van der Waals surface area (Å²) in [5.41, 5.74) is -0.0518. The summed E-state index contributed by atoms with van der Waals surface area (Å²) in [7, 11) is 1.28. The van der Waals surface area contributed by atoms with Crippen molar-refractivity contribution in [3.8, 4) is 5.75 Å². The second kappa shape index (κ2) is 7.14. The Labute approximate surface area is 131 Å². The van der Waals surface area contributed by atoms with Gasteiger partial charge in [0, 0.05) is 38.3 Å². The van der Waals surface area contributed by atoms with E-state index in [4.69, 9.17) is 4.74 Å². The van der Waals surface area contributed by atoms with Crippen molar-refractivity contribution in [2.45, 2.75) is 18.6 Å². The minimum Gasteiger partial charge on any atom is -0.490 e. The molecule has 0 saturated carbocycles. The lowest BCUT2D eigenvalue weighted by Crippen LogP contribution is -2.46. The van der Waals surface area contributed by atoms with Crippen molar-refractivity contribution in [3.63, 3.8) is 0 Å². The van der Waals surface area contributed by atoms with E-state index in [-0.39, 0.29) is 17.0 Å². The normalized spacial score (nSPS) is 17.7. The Hall–Kier alpha value is -1.87. The summed E-state index contributed by atoms with van der Waals surface area (Å²) < 4.78 is 43.8. The van der Waals surface area contributed by atoms with E-state index in [1.165, 1.54) is 25.3 Å². The molecule has 1 N–H and O–H groups in total. The van der Waals surface area contributed by atoms with Crippen LogP contribution in [0.4, 0.5) is 18.9 Å². The Morgan fingerprint density at radius 2 is 2.04 bits per heavy atom. The molecule has 9 heteroatoms. The average Bonchev–Trinajstić information content (AvgIpc) is 2.52. The third-order valence-electron chi connectivity index (χ3n) is 3.80. The highest BCUT2D eigenvalue weighted by molar-refractivity contribution is 5.49. The highest BCUT2D eigenvalue weighted by Crippen LogP contribution is 2.37. The number of hydrogen-bond donors (Lipinski definition) is 1. The second-order valence-corrected chi connectivity index (χ2v) is 5.31. The number of nitro benzene ring substituents is 1. The van der Waals surface area contributed by atoms with E-state index in [1.807, 2.05) is 0 Å². The van der Waals surface area contributed by atoms with Gasteiger partial charge in [-0.1, -0.05) is 6.07 Å². The van der Waals surface area contributed by atoms with Gasteiger partial charge in [-0.2, -0.15) is 13.2 Å². The number of halogens is 3. The molecule has 1 aliphatic heterocycles. The zero-order chi connectivity index (χ0) is 17.0. The van der Waals surface area contributed by atoms with Crippen LogP contribution in [-0.2, 0) is 0 Å². The van der Waals surface area contributed by atoms with Crippen molar-refractivity contribution in [1.29, 1.82) is 0 Å². The van der Waals surface area contributed by atoms with E-state index in [1.54, 1.807) is 4.90 Å². The number of piperazine rings is 1. The molecule has 1 saturated heterocycles. The van der Waals surface area contributed by atoms with Crippen LogP contribution < -0.4 is 10.1 Å². The molecule has 1 atom stereocenters. The largest absolute Gasteiger partial charge is 0.490 e. The highest BCUT2D eigenvalue weighted by Gasteiger charge is 2.36. The minimum absolute atomic E-state index is 0.0322. The first kappa shape index (κ1) is 17.5. The molecule has 0 bridgehead atoms. The zero-order valence-corrected chi connectivity index (χ0v) is 12.6. The lowest BCUT2D eigenvalue weighted by atomic mass is 10.00. The Kier molecular flexibility index (Phi) is 5.42. The van der Waals surface area contributed by atoms with Crippen LogP contribution >= 0.6 is 0 Å². The number of rotatable bonds is 5. The van der Waals surface area contributed by atoms with Crippen LogP contribution in [0.15, 0.2) is 18.2 Å². The van der Waals surface area contributed by atoms with Gasteiger partial charge in [-0.15, -0.1) is 0 Å². The number of benzene rings is 1. The molecule has 128 valence electrons. The van der Waals surface area contributed by atoms with Gasteiger partial charge in [-0.3, -0.25) is 15.0 Å². The highest BCUT2D eigenvalue weighted by atomic mass is 19.4. The molecule has 0 radical (unpaired) electrons. The van der Waals surface area contributed by atoms with Crippen molar-refractivity contribution in [3.05, 3.63) is 33.9 Å². The molecule has 0 aromatic heterocycles. The monoisotopic (exact) mass is 333 g/mol. The fourth-order valence-corrected chi connectivity index (χ4v) is 2.73. The third kappa shape index (κ3) is 4.55. The van der Waals surface area contributed by atoms with Gasteiger partial charge in [0.05, 0.1) is 18.5 Å². The van der Waals surface area contributed by atoms with E-state index in [9.17, 15) is 23.3 Å². The molecular weight excluding hydrogens is 315 g/mol. The van der Waals surface area contributed by atoms with Crippen LogP contribution in [0.5, 0.6) is 5.75 Å². The Bertz CT molecular complexity index is 560. The predicted molar refractivity (Wildman–Crippen MR) is 77.5 cm³/mol. The smallest absolute Gasteiger partial charge is 0.390 e. The maximum Gasteiger partial charge on any atom is 0.390 e. The minimum atomic E-state index is -4.36. The summed E-state index contributed by atoms with van der Waals surface area (Å²) >= 11 is 0. The lowest BCUT2D eigenvalue weighted by Gasteiger charge is -2.35. The van der Waals surface area contributed by atoms with Gasteiger partial charge in [-0.05, 0) is 11.6 Å². The molecule has 0 aliphatic carbocycles. The second-order valence-electron chi connectivity index (χ2n) is 5.31. The molecule has 0 amide bonds. The van der Waals surface area contributed by atoms with E-state index in [0.29, 0.717) is 26.2 Å². The molecule has 0 spiro atoms. The number of methoxy groups -OCH3 is 1. The number of nitrogens with one attached hydrogen (secondary N) is 1. The standard InChI is InChI=1S/C14H18F3N3O3/c1-23-13-3-2-10(8-11(13)20(21)22)12(9-14(15,16)17)19-6-4-18-5-7-19/h2-3,8,12,18H,4-7,9H2,1H3/t12-/m0/s1. The maximum atomic E-state index is 13.0. The first-order valence-corrected chi connectivity index (χ1v) is 7.15. The first-order valence-electron chi connectivity index (χ1n) is 7.15. The molecule has 1 aromatic rings. The zero-order valence-electron chi connectivity index (χ0n) is 12.6. The van der Waals surface area contributed by atoms with Gasteiger partial charge < -0.3 is 10.1 Å². The topological polar surface area (TPSA) is 67.6 Å². The lowest BCUT2D eigenvalue weighted by molar-refractivity contribution is -0.385. The van der Waals surface area contributed by atoms with Gasteiger partial charge in [0.2, 0.25) is 0 Å². The number of nitro groups is 1. The van der Waals surface area contributed by atoms with Crippen molar-refractivity contribution in [1.82, 2.24) is 10.2 Å². The first-order chi connectivity index (χ1) is 10.8. The van der Waals surface area contributed by atoms with Crippen LogP contribution in [0.2, 0.25) is 0 Å². The van der Waals surface area contributed by atoms with Crippen LogP contribution in [0, 0.1) is 10.1 Å². The Balaban J connectivity index is 2.37. The number of ether oxygens (including phenoxy) is 1. The number of alkyl halides is 3. The number of hydrogen-bond acceptors (Lipinski definition) is 5. The molecule has 1 aliphatic rings. The van der Waals surface area contributed by atoms with Crippen molar-refractivity contribution < 1.29 is 22.8 Å². The summed E-state index contributed by atoms with van der Waals surface area (Å²) in [5, 5.41) is 14.2. The Morgan fingerprint density at radius 1 is 1.39 bits per heavy atom. The third-order valence-corrected chi connectivity index (χ3v) is 3.80. The summed E-state index contributed by atoms with van der Waals surface area (Å²) in [6.07, 6.45) is -5.40. The van der Waals surface area contributed by atoms with Crippen molar-refractivity contribution in [2.24, 2.45) is 0 Å². The fourth-order valence-electron chi connectivity index (χ4n) is 2.73. The van der Waals surface area contributed by atoms with Crippen LogP contribution in [-0.4, -0.2) is 49.3 Å². The van der Waals surface area contributed by atoms with Crippen LogP contribution in [0.1, 0.15) is 18.0 Å². The van der Waals surface area contributed by atoms with E-state index in [2.05, 4.69) is 5.32 Å². The molecule has 0 unspecified atom stereocenters. The van der Waals surface area contributed by atoms with Gasteiger partial charge in [0.25, 0.3) is 0 Å². The summed E-state index contributed by atoms with van der Waals surface area (Å²) in [6, 6.07) is 3.04. The summed E-state index contributed by atoms with van der Waals surface area (Å²) in [6.45, 7) is 2.10. The van der Waals surface area contributed by atoms with Crippen molar-refractivity contribution >= 4 is 5.69 Å². The van der Waals surface area contributed by atoms with Gasteiger partial charge >= 0.3 is 11.9 Å². The quantitative estimate of drug-likeness (QED) is 0.662. The fraction of sp³-hybridized carbons (Fsp3) is 0.571. The van der Waals surface area contributed by atoms with Gasteiger partial charge in [-0.25, -0.2) is 0 Å². The van der Waals surface area contributed by atoms with E-state index >= 15 is 0 Å². The van der Waals surface area contributed by atoms with Crippen molar-refractivity contribution in [2.75, 3.05) is 33.3 Å². The van der Waals surface area contributed by atoms with Crippen LogP contribution in [0.3, 0.4) is 0 Å². The van der Waals surface area contributed by atoms with Crippen LogP contribution in [0.25, 0.3) is 0 Å². The molecule has 23 heavy (non-hydrogen) atoms. The molecule has 1 heterocycles. The number of nitrogens with zero attached hydrogens (tertiary/aromatic N) is 2. The Morgan fingerprint density at radius 3 is 2.57 bits per heavy atom. The SMILES string of the molecule is COc1ccc([C@H](CC(F)(F)F)N2CCNCC2)cc1[N+](=O)[O-]. The van der Waals surface area contributed by atoms with E-state index in [0.717, 1.165) is 0 Å². The van der Waals surface area contributed by atoms with Gasteiger partial charge in [0.15, 0.2) is 5.75 Å². The predicted octanol–water partition coefficient (Wildman–Crippen LogP) is 2.50. The maximum absolute atomic E-state index is 13.0. The average molecular weight is 333 g/mol. The van der Waals surface area contributed by atoms with E-state index < -0.39 is 23.6 Å². The molecule has 2 rings (SSSR count). The molecule has 6 nitrogen and oxygen atoms in total. The molecule has 1 aromatic carbocycles. The summed E-state index contributed by atoms with van der Waals surface area (Å²) in [5.74, 6) is 0.0322. The summed E-state index contributed by atoms with van der Waals surface area (Å²) in [4.78, 5) is 12.2. The molecule has 1 fully saturated rings. The molecular formula is C14H18F3N3O3.